The molecular formula is C13H19N3. The normalized spacial score (nSPS) is 10.2. The van der Waals surface area contributed by atoms with Crippen LogP contribution in [0.5, 0.6) is 0 Å². The molecule has 0 unspecified atom stereocenters. The van der Waals surface area contributed by atoms with E-state index in [4.69, 9.17) is 6.42 Å². The zero-order valence-electron chi connectivity index (χ0n) is 10.2. The molecule has 0 amide bonds. The molecule has 86 valence electrons. The maximum atomic E-state index is 5.27. The van der Waals surface area contributed by atoms with E-state index in [9.17, 15) is 0 Å². The molecule has 0 atom stereocenters. The van der Waals surface area contributed by atoms with E-state index in [2.05, 4.69) is 36.1 Å². The largest absolute Gasteiger partial charge is 0.349 e. The summed E-state index contributed by atoms with van der Waals surface area (Å²) in [5.41, 5.74) is 1.22. The van der Waals surface area contributed by atoms with Crippen molar-refractivity contribution >= 4 is 5.82 Å². The molecule has 0 aliphatic rings. The fourth-order valence-corrected chi connectivity index (χ4v) is 1.32. The van der Waals surface area contributed by atoms with Crippen LogP contribution in [0.25, 0.3) is 0 Å². The molecule has 0 radical (unpaired) electrons. The maximum Gasteiger partial charge on any atom is 0.129 e. The second kappa shape index (κ2) is 6.14. The molecule has 1 aromatic rings. The van der Waals surface area contributed by atoms with Crippen molar-refractivity contribution < 1.29 is 0 Å². The van der Waals surface area contributed by atoms with Gasteiger partial charge >= 0.3 is 0 Å². The molecule has 0 aromatic carbocycles. The summed E-state index contributed by atoms with van der Waals surface area (Å²) in [6.07, 6.45) is 7.09. The first-order valence-corrected chi connectivity index (χ1v) is 5.46. The van der Waals surface area contributed by atoms with Crippen molar-refractivity contribution in [3.05, 3.63) is 23.9 Å². The highest BCUT2D eigenvalue weighted by Gasteiger charge is 2.02. The van der Waals surface area contributed by atoms with Gasteiger partial charge in [0.25, 0.3) is 0 Å². The van der Waals surface area contributed by atoms with E-state index in [-0.39, 0.29) is 0 Å². The van der Waals surface area contributed by atoms with Gasteiger partial charge in [0.2, 0.25) is 0 Å². The van der Waals surface area contributed by atoms with E-state index in [1.807, 2.05) is 24.2 Å². The van der Waals surface area contributed by atoms with Crippen LogP contribution in [0, 0.1) is 12.3 Å². The molecule has 1 rings (SSSR count). The summed E-state index contributed by atoms with van der Waals surface area (Å²) >= 11 is 0. The van der Waals surface area contributed by atoms with Crippen molar-refractivity contribution in [1.82, 2.24) is 10.3 Å². The van der Waals surface area contributed by atoms with Gasteiger partial charge in [-0.25, -0.2) is 4.98 Å². The minimum atomic E-state index is 0.486. The lowest BCUT2D eigenvalue weighted by Gasteiger charge is -2.16. The fraction of sp³-hybridized carbons (Fsp3) is 0.462. The van der Waals surface area contributed by atoms with E-state index >= 15 is 0 Å². The monoisotopic (exact) mass is 217 g/mol. The van der Waals surface area contributed by atoms with E-state index in [1.165, 1.54) is 5.56 Å². The third-order valence-corrected chi connectivity index (χ3v) is 2.24. The molecule has 1 heterocycles. The SMILES string of the molecule is C#CCN(C)c1cc(CNC(C)C)ccn1. The van der Waals surface area contributed by atoms with Gasteiger partial charge < -0.3 is 10.2 Å². The number of nitrogens with zero attached hydrogens (tertiary/aromatic N) is 2. The molecular weight excluding hydrogens is 198 g/mol. The summed E-state index contributed by atoms with van der Waals surface area (Å²) in [4.78, 5) is 6.24. The average molecular weight is 217 g/mol. The topological polar surface area (TPSA) is 28.2 Å². The Morgan fingerprint density at radius 2 is 2.31 bits per heavy atom. The maximum absolute atomic E-state index is 5.27. The Hall–Kier alpha value is -1.53. The van der Waals surface area contributed by atoms with Crippen LogP contribution >= 0.6 is 0 Å². The number of anilines is 1. The molecule has 16 heavy (non-hydrogen) atoms. The van der Waals surface area contributed by atoms with Crippen molar-refractivity contribution in [2.24, 2.45) is 0 Å². The average Bonchev–Trinajstić information content (AvgIpc) is 2.27. The molecule has 0 aliphatic carbocycles. The zero-order valence-corrected chi connectivity index (χ0v) is 10.2. The van der Waals surface area contributed by atoms with Crippen LogP contribution < -0.4 is 10.2 Å². The minimum Gasteiger partial charge on any atom is -0.349 e. The molecule has 0 fully saturated rings. The highest BCUT2D eigenvalue weighted by Crippen LogP contribution is 2.10. The summed E-state index contributed by atoms with van der Waals surface area (Å²) in [6, 6.07) is 4.56. The minimum absolute atomic E-state index is 0.486. The quantitative estimate of drug-likeness (QED) is 0.760. The first kappa shape index (κ1) is 12.5. The third kappa shape index (κ3) is 3.92. The van der Waals surface area contributed by atoms with Gasteiger partial charge in [0.1, 0.15) is 5.82 Å². The number of rotatable bonds is 5. The van der Waals surface area contributed by atoms with Crippen molar-refractivity contribution in [2.45, 2.75) is 26.4 Å². The molecule has 0 saturated heterocycles. The molecule has 1 aromatic heterocycles. The van der Waals surface area contributed by atoms with Gasteiger partial charge in [0.05, 0.1) is 6.54 Å². The molecule has 0 saturated carbocycles. The highest BCUT2D eigenvalue weighted by molar-refractivity contribution is 5.41. The van der Waals surface area contributed by atoms with Gasteiger partial charge in [-0.15, -0.1) is 6.42 Å². The van der Waals surface area contributed by atoms with Crippen molar-refractivity contribution in [3.8, 4) is 12.3 Å². The lowest BCUT2D eigenvalue weighted by Crippen LogP contribution is -2.22. The van der Waals surface area contributed by atoms with Crippen molar-refractivity contribution in [2.75, 3.05) is 18.5 Å². The lowest BCUT2D eigenvalue weighted by atomic mass is 10.2. The van der Waals surface area contributed by atoms with Gasteiger partial charge in [-0.1, -0.05) is 19.8 Å². The van der Waals surface area contributed by atoms with Crippen LogP contribution in [0.15, 0.2) is 18.3 Å². The Morgan fingerprint density at radius 3 is 2.94 bits per heavy atom. The van der Waals surface area contributed by atoms with Crippen molar-refractivity contribution in [1.29, 1.82) is 0 Å². The van der Waals surface area contributed by atoms with Crippen LogP contribution in [-0.4, -0.2) is 24.6 Å². The molecule has 1 N–H and O–H groups in total. The van der Waals surface area contributed by atoms with E-state index < -0.39 is 0 Å². The summed E-state index contributed by atoms with van der Waals surface area (Å²) < 4.78 is 0. The molecule has 0 aliphatic heterocycles. The number of nitrogens with one attached hydrogen (secondary N) is 1. The van der Waals surface area contributed by atoms with Crippen molar-refractivity contribution in [3.63, 3.8) is 0 Å². The van der Waals surface area contributed by atoms with Crippen LogP contribution in [0.2, 0.25) is 0 Å². The lowest BCUT2D eigenvalue weighted by molar-refractivity contribution is 0.588. The van der Waals surface area contributed by atoms with Crippen LogP contribution in [0.1, 0.15) is 19.4 Å². The number of hydrogen-bond acceptors (Lipinski definition) is 3. The standard InChI is InChI=1S/C13H19N3/c1-5-8-16(4)13-9-12(6-7-14-13)10-15-11(2)3/h1,6-7,9,11,15H,8,10H2,2-4H3. The zero-order chi connectivity index (χ0) is 12.0. The van der Waals surface area contributed by atoms with Gasteiger partial charge in [-0.2, -0.15) is 0 Å². The van der Waals surface area contributed by atoms with E-state index in [1.54, 1.807) is 0 Å². The van der Waals surface area contributed by atoms with Crippen LogP contribution in [-0.2, 0) is 6.54 Å². The Balaban J connectivity index is 2.67. The summed E-state index contributed by atoms with van der Waals surface area (Å²) in [5.74, 6) is 3.52. The predicted octanol–water partition coefficient (Wildman–Crippen LogP) is 1.65. The number of aromatic nitrogens is 1. The molecule has 0 spiro atoms. The smallest absolute Gasteiger partial charge is 0.129 e. The van der Waals surface area contributed by atoms with E-state index in [0.717, 1.165) is 12.4 Å². The molecule has 3 nitrogen and oxygen atoms in total. The highest BCUT2D eigenvalue weighted by atomic mass is 15.1. The van der Waals surface area contributed by atoms with E-state index in [0.29, 0.717) is 12.6 Å². The number of pyridine rings is 1. The number of hydrogen-bond donors (Lipinski definition) is 1. The molecule has 0 bridgehead atoms. The predicted molar refractivity (Wildman–Crippen MR) is 68.3 cm³/mol. The summed E-state index contributed by atoms with van der Waals surface area (Å²) in [6.45, 7) is 5.70. The van der Waals surface area contributed by atoms with Gasteiger partial charge in [0.15, 0.2) is 0 Å². The Morgan fingerprint density at radius 1 is 1.56 bits per heavy atom. The Labute approximate surface area is 97.9 Å². The van der Waals surface area contributed by atoms with Crippen LogP contribution in [0.3, 0.4) is 0 Å². The Kier molecular flexibility index (Phi) is 4.81. The molecule has 3 heteroatoms. The van der Waals surface area contributed by atoms with Gasteiger partial charge in [0, 0.05) is 25.8 Å². The number of terminal acetylenes is 1. The third-order valence-electron chi connectivity index (χ3n) is 2.24. The van der Waals surface area contributed by atoms with Gasteiger partial charge in [-0.05, 0) is 17.7 Å². The van der Waals surface area contributed by atoms with Crippen LogP contribution in [0.4, 0.5) is 5.82 Å². The Bertz CT molecular complexity index is 366. The first-order chi connectivity index (χ1) is 7.63. The summed E-state index contributed by atoms with van der Waals surface area (Å²) in [7, 11) is 1.95. The van der Waals surface area contributed by atoms with Gasteiger partial charge in [-0.3, -0.25) is 0 Å². The first-order valence-electron chi connectivity index (χ1n) is 5.46. The second-order valence-corrected chi connectivity index (χ2v) is 4.12. The second-order valence-electron chi connectivity index (χ2n) is 4.12. The fourth-order valence-electron chi connectivity index (χ4n) is 1.32. The summed E-state index contributed by atoms with van der Waals surface area (Å²) in [5, 5.41) is 3.37.